The molecule has 2 nitrogen and oxygen atoms in total. The summed E-state index contributed by atoms with van der Waals surface area (Å²) in [5.41, 5.74) is 3.19. The summed E-state index contributed by atoms with van der Waals surface area (Å²) in [5, 5.41) is 8.58. The Morgan fingerprint density at radius 2 is 1.37 bits per heavy atom. The van der Waals surface area contributed by atoms with Crippen LogP contribution in [0.4, 0.5) is 0 Å². The third-order valence-corrected chi connectivity index (χ3v) is 5.50. The van der Waals surface area contributed by atoms with Crippen LogP contribution in [0.25, 0.3) is 54.3 Å². The number of hydrogen-bond donors (Lipinski definition) is 1. The Morgan fingerprint density at radius 3 is 2.30 bits per heavy atom. The van der Waals surface area contributed by atoms with E-state index in [1.165, 1.54) is 32.3 Å². The van der Waals surface area contributed by atoms with Crippen molar-refractivity contribution in [2.45, 2.75) is 6.92 Å². The first-order chi connectivity index (χ1) is 13.3. The molecule has 6 aromatic rings. The Balaban J connectivity index is 2.13. The van der Waals surface area contributed by atoms with Crippen LogP contribution in [-0.4, -0.2) is 4.98 Å². The lowest BCUT2D eigenvalue weighted by molar-refractivity contribution is 0.569. The highest BCUT2D eigenvalue weighted by molar-refractivity contribution is 6.30. The van der Waals surface area contributed by atoms with Gasteiger partial charge < -0.3 is 9.40 Å². The third-order valence-electron chi connectivity index (χ3n) is 5.50. The van der Waals surface area contributed by atoms with Gasteiger partial charge in [-0.15, -0.1) is 0 Å². The normalized spacial score (nSPS) is 11.9. The SMILES string of the molecule is Cc1cccc2cc3c(ccc4[nH]c5cccc(c6ccccc26)c5c43)o1. The van der Waals surface area contributed by atoms with Gasteiger partial charge in [0.1, 0.15) is 11.3 Å². The Morgan fingerprint density at radius 1 is 0.630 bits per heavy atom. The first-order valence-electron chi connectivity index (χ1n) is 9.21. The van der Waals surface area contributed by atoms with E-state index < -0.39 is 0 Å². The average molecular weight is 347 g/mol. The Kier molecular flexibility index (Phi) is 2.84. The van der Waals surface area contributed by atoms with Gasteiger partial charge in [-0.25, -0.2) is 0 Å². The molecule has 0 saturated carbocycles. The van der Waals surface area contributed by atoms with Gasteiger partial charge in [-0.05, 0) is 58.8 Å². The van der Waals surface area contributed by atoms with Crippen molar-refractivity contribution < 1.29 is 4.42 Å². The average Bonchev–Trinajstić information content (AvgIpc) is 3.08. The molecule has 2 heterocycles. The highest BCUT2D eigenvalue weighted by Crippen LogP contribution is 2.38. The number of aromatic amines is 1. The van der Waals surface area contributed by atoms with Gasteiger partial charge in [-0.2, -0.15) is 0 Å². The molecule has 0 atom stereocenters. The van der Waals surface area contributed by atoms with Gasteiger partial charge in [0, 0.05) is 27.2 Å². The van der Waals surface area contributed by atoms with Crippen LogP contribution in [0.5, 0.6) is 0 Å². The topological polar surface area (TPSA) is 28.9 Å². The summed E-state index contributed by atoms with van der Waals surface area (Å²) in [6.45, 7) is 2.00. The van der Waals surface area contributed by atoms with E-state index in [-0.39, 0.29) is 0 Å². The molecular weight excluding hydrogens is 330 g/mol. The summed E-state index contributed by atoms with van der Waals surface area (Å²) >= 11 is 0. The molecule has 128 valence electrons. The Hall–Kier alpha value is -3.52. The summed E-state index contributed by atoms with van der Waals surface area (Å²) in [5.74, 6) is 0.883. The zero-order chi connectivity index (χ0) is 18.0. The van der Waals surface area contributed by atoms with Crippen LogP contribution in [0, 0.1) is 6.92 Å². The van der Waals surface area contributed by atoms with E-state index in [2.05, 4.69) is 77.8 Å². The lowest BCUT2D eigenvalue weighted by atomic mass is 9.97. The van der Waals surface area contributed by atoms with Crippen LogP contribution in [0.1, 0.15) is 5.76 Å². The maximum atomic E-state index is 6.19. The summed E-state index contributed by atoms with van der Waals surface area (Å²) in [6.07, 6.45) is 0. The van der Waals surface area contributed by atoms with Crippen LogP contribution in [0.2, 0.25) is 0 Å². The lowest BCUT2D eigenvalue weighted by Crippen LogP contribution is -1.79. The summed E-state index contributed by atoms with van der Waals surface area (Å²) in [6, 6.07) is 27.9. The second kappa shape index (κ2) is 5.24. The molecule has 6 rings (SSSR count). The molecule has 0 amide bonds. The predicted molar refractivity (Wildman–Crippen MR) is 114 cm³/mol. The first kappa shape index (κ1) is 14.6. The van der Waals surface area contributed by atoms with Gasteiger partial charge in [0.05, 0.1) is 0 Å². The molecule has 0 aliphatic rings. The zero-order valence-electron chi connectivity index (χ0n) is 14.9. The van der Waals surface area contributed by atoms with Crippen LogP contribution < -0.4 is 0 Å². The molecule has 4 aromatic carbocycles. The van der Waals surface area contributed by atoms with E-state index in [4.69, 9.17) is 4.42 Å². The number of benzene rings is 3. The standard InChI is InChI=1S/C25H17NO/c1-15-6-4-7-16-14-20-23(27-15)13-12-22-25(20)24-19(10-5-11-21(24)26-22)18-9-3-2-8-17(16)18/h2-14,26H,1H3. The smallest absolute Gasteiger partial charge is 0.134 e. The second-order valence-corrected chi connectivity index (χ2v) is 7.14. The van der Waals surface area contributed by atoms with Crippen LogP contribution in [0.3, 0.4) is 0 Å². The van der Waals surface area contributed by atoms with Gasteiger partial charge in [0.25, 0.3) is 0 Å². The quantitative estimate of drug-likeness (QED) is 0.308. The molecule has 27 heavy (non-hydrogen) atoms. The molecule has 2 bridgehead atoms. The molecule has 0 unspecified atom stereocenters. The van der Waals surface area contributed by atoms with Gasteiger partial charge in [0.2, 0.25) is 0 Å². The number of aromatic nitrogens is 1. The minimum absolute atomic E-state index is 0.883. The largest absolute Gasteiger partial charge is 0.461 e. The predicted octanol–water partition coefficient (Wildman–Crippen LogP) is 7.24. The zero-order valence-corrected chi connectivity index (χ0v) is 14.9. The number of nitrogens with one attached hydrogen (secondary N) is 1. The van der Waals surface area contributed by atoms with Crippen molar-refractivity contribution >= 4 is 54.3 Å². The third kappa shape index (κ3) is 2.01. The summed E-state index contributed by atoms with van der Waals surface area (Å²) in [7, 11) is 0. The highest BCUT2D eigenvalue weighted by atomic mass is 16.3. The van der Waals surface area contributed by atoms with Gasteiger partial charge >= 0.3 is 0 Å². The molecule has 1 N–H and O–H groups in total. The monoisotopic (exact) mass is 347 g/mol. The van der Waals surface area contributed by atoms with E-state index in [9.17, 15) is 0 Å². The van der Waals surface area contributed by atoms with Crippen molar-refractivity contribution in [1.82, 2.24) is 4.98 Å². The van der Waals surface area contributed by atoms with E-state index in [1.807, 2.05) is 13.0 Å². The number of hydrogen-bond acceptors (Lipinski definition) is 1. The molecule has 0 radical (unpaired) electrons. The lowest BCUT2D eigenvalue weighted by Gasteiger charge is -2.05. The van der Waals surface area contributed by atoms with E-state index >= 15 is 0 Å². The molecular formula is C25H17NO. The Labute approximate surface area is 155 Å². The summed E-state index contributed by atoms with van der Waals surface area (Å²) in [4.78, 5) is 3.60. The highest BCUT2D eigenvalue weighted by Gasteiger charge is 2.13. The van der Waals surface area contributed by atoms with Crippen LogP contribution in [0.15, 0.2) is 83.3 Å². The van der Waals surface area contributed by atoms with Gasteiger partial charge in [-0.1, -0.05) is 48.5 Å². The minimum atomic E-state index is 0.883. The molecule has 0 saturated heterocycles. The second-order valence-electron chi connectivity index (χ2n) is 7.14. The van der Waals surface area contributed by atoms with Crippen molar-refractivity contribution in [1.29, 1.82) is 0 Å². The first-order valence-corrected chi connectivity index (χ1v) is 9.21. The molecule has 2 aromatic heterocycles. The van der Waals surface area contributed by atoms with Crippen molar-refractivity contribution in [3.8, 4) is 0 Å². The molecule has 0 aliphatic carbocycles. The molecule has 0 spiro atoms. The minimum Gasteiger partial charge on any atom is -0.461 e. The van der Waals surface area contributed by atoms with E-state index in [0.717, 1.165) is 27.8 Å². The number of fused-ring (bicyclic) bond motifs is 4. The molecule has 2 heteroatoms. The fourth-order valence-electron chi connectivity index (χ4n) is 4.34. The van der Waals surface area contributed by atoms with Crippen molar-refractivity contribution in [2.75, 3.05) is 0 Å². The molecule has 0 fully saturated rings. The van der Waals surface area contributed by atoms with Crippen molar-refractivity contribution in [2.24, 2.45) is 0 Å². The maximum absolute atomic E-state index is 6.19. The van der Waals surface area contributed by atoms with Crippen molar-refractivity contribution in [3.05, 3.63) is 84.6 Å². The van der Waals surface area contributed by atoms with E-state index in [0.29, 0.717) is 0 Å². The Bertz CT molecular complexity index is 1530. The van der Waals surface area contributed by atoms with Gasteiger partial charge in [-0.3, -0.25) is 0 Å². The van der Waals surface area contributed by atoms with Crippen LogP contribution in [-0.2, 0) is 0 Å². The summed E-state index contributed by atoms with van der Waals surface area (Å²) < 4.78 is 6.19. The number of rotatable bonds is 0. The van der Waals surface area contributed by atoms with Gasteiger partial charge in [0.15, 0.2) is 0 Å². The number of H-pyrrole nitrogens is 1. The fourth-order valence-corrected chi connectivity index (χ4v) is 4.34. The molecule has 0 aliphatic heterocycles. The van der Waals surface area contributed by atoms with Crippen molar-refractivity contribution in [3.63, 3.8) is 0 Å². The van der Waals surface area contributed by atoms with Crippen LogP contribution >= 0.6 is 0 Å². The maximum Gasteiger partial charge on any atom is 0.134 e. The van der Waals surface area contributed by atoms with E-state index in [1.54, 1.807) is 0 Å². The number of aryl methyl sites for hydroxylation is 1. The fraction of sp³-hybridized carbons (Fsp3) is 0.0400.